The number of pyridine rings is 2. The van der Waals surface area contributed by atoms with E-state index in [9.17, 15) is 14.5 Å². The third-order valence-corrected chi connectivity index (χ3v) is 5.04. The molecule has 0 radical (unpaired) electrons. The predicted molar refractivity (Wildman–Crippen MR) is 111 cm³/mol. The molecule has 0 unspecified atom stereocenters. The molecular weight excluding hydrogens is 400 g/mol. The number of nitroso groups, excluding NO2 is 1. The summed E-state index contributed by atoms with van der Waals surface area (Å²) in [5.74, 6) is 0.472. The van der Waals surface area contributed by atoms with Gasteiger partial charge in [0, 0.05) is 38.4 Å². The highest BCUT2D eigenvalue weighted by Crippen LogP contribution is 2.21. The molecule has 0 atom stereocenters. The van der Waals surface area contributed by atoms with Crippen LogP contribution in [0.5, 0.6) is 0 Å². The van der Waals surface area contributed by atoms with Crippen LogP contribution in [0.25, 0.3) is 0 Å². The number of amides is 1. The Hall–Kier alpha value is -3.95. The lowest BCUT2D eigenvalue weighted by atomic mass is 10.1. The van der Waals surface area contributed by atoms with Gasteiger partial charge in [0.25, 0.3) is 5.91 Å². The van der Waals surface area contributed by atoms with Crippen LogP contribution in [0.2, 0.25) is 0 Å². The summed E-state index contributed by atoms with van der Waals surface area (Å²) in [6, 6.07) is 9.85. The second kappa shape index (κ2) is 8.82. The summed E-state index contributed by atoms with van der Waals surface area (Å²) >= 11 is 0. The van der Waals surface area contributed by atoms with E-state index in [-0.39, 0.29) is 23.0 Å². The van der Waals surface area contributed by atoms with Crippen molar-refractivity contribution in [1.29, 1.82) is 0 Å². The molecule has 0 bridgehead atoms. The average molecular weight is 420 g/mol. The summed E-state index contributed by atoms with van der Waals surface area (Å²) in [4.78, 5) is 48.6. The van der Waals surface area contributed by atoms with Crippen LogP contribution in [-0.2, 0) is 0 Å². The molecule has 4 heterocycles. The van der Waals surface area contributed by atoms with Gasteiger partial charge >= 0.3 is 0 Å². The molecule has 0 N–H and O–H groups in total. The monoisotopic (exact) mass is 420 g/mol. The van der Waals surface area contributed by atoms with E-state index in [4.69, 9.17) is 4.52 Å². The molecule has 4 rings (SSSR count). The number of ketones is 1. The zero-order valence-electron chi connectivity index (χ0n) is 16.9. The highest BCUT2D eigenvalue weighted by molar-refractivity contribution is 6.10. The maximum atomic E-state index is 12.8. The largest absolute Gasteiger partial charge is 0.361 e. The van der Waals surface area contributed by atoms with Crippen LogP contribution in [-0.4, -0.2) is 57.9 Å². The number of nitrogens with zero attached hydrogens (tertiary/aromatic N) is 6. The fraction of sp³-hybridized carbons (Fsp3) is 0.286. The zero-order chi connectivity index (χ0) is 21.8. The molecular formula is C21H20N6O4. The summed E-state index contributed by atoms with van der Waals surface area (Å²) in [5, 5.41) is 6.63. The van der Waals surface area contributed by atoms with Gasteiger partial charge in [0.05, 0.1) is 5.56 Å². The number of anilines is 1. The molecule has 3 aromatic rings. The Bertz CT molecular complexity index is 1130. The molecule has 1 aliphatic heterocycles. The zero-order valence-corrected chi connectivity index (χ0v) is 16.9. The normalized spacial score (nSPS) is 14.2. The molecule has 1 fully saturated rings. The quantitative estimate of drug-likeness (QED) is 0.456. The van der Waals surface area contributed by atoms with Crippen LogP contribution in [0, 0.1) is 11.8 Å². The van der Waals surface area contributed by atoms with Gasteiger partial charge in [-0.1, -0.05) is 11.2 Å². The lowest BCUT2D eigenvalue weighted by molar-refractivity contribution is 0.0756. The van der Waals surface area contributed by atoms with Crippen molar-refractivity contribution in [2.75, 3.05) is 31.1 Å². The first kappa shape index (κ1) is 20.3. The number of hydrogen-bond acceptors (Lipinski definition) is 9. The molecule has 0 aliphatic carbocycles. The van der Waals surface area contributed by atoms with Gasteiger partial charge in [0.2, 0.25) is 11.6 Å². The second-order valence-corrected chi connectivity index (χ2v) is 7.13. The molecule has 0 saturated carbocycles. The van der Waals surface area contributed by atoms with E-state index in [1.807, 2.05) is 11.0 Å². The van der Waals surface area contributed by atoms with Gasteiger partial charge in [-0.3, -0.25) is 9.59 Å². The summed E-state index contributed by atoms with van der Waals surface area (Å²) in [7, 11) is 0. The minimum atomic E-state index is -0.419. The Morgan fingerprint density at radius 2 is 1.94 bits per heavy atom. The van der Waals surface area contributed by atoms with Crippen molar-refractivity contribution in [3.63, 3.8) is 0 Å². The number of aryl methyl sites for hydroxylation is 1. The number of rotatable bonds is 5. The van der Waals surface area contributed by atoms with Gasteiger partial charge < -0.3 is 14.3 Å². The van der Waals surface area contributed by atoms with E-state index in [0.717, 1.165) is 6.42 Å². The van der Waals surface area contributed by atoms with Crippen molar-refractivity contribution in [2.45, 2.75) is 13.3 Å². The third kappa shape index (κ3) is 4.32. The van der Waals surface area contributed by atoms with Gasteiger partial charge in [0.15, 0.2) is 5.69 Å². The number of aromatic nitrogens is 3. The minimum Gasteiger partial charge on any atom is -0.361 e. The highest BCUT2D eigenvalue weighted by atomic mass is 16.5. The fourth-order valence-corrected chi connectivity index (χ4v) is 3.49. The Labute approximate surface area is 177 Å². The van der Waals surface area contributed by atoms with Crippen molar-refractivity contribution in [1.82, 2.24) is 20.0 Å². The molecule has 1 amide bonds. The van der Waals surface area contributed by atoms with Gasteiger partial charge in [-0.05, 0) is 42.8 Å². The molecule has 0 aromatic carbocycles. The molecule has 31 heavy (non-hydrogen) atoms. The summed E-state index contributed by atoms with van der Waals surface area (Å²) in [6.45, 7) is 4.06. The van der Waals surface area contributed by atoms with Crippen molar-refractivity contribution >= 4 is 23.3 Å². The molecule has 10 nitrogen and oxygen atoms in total. The van der Waals surface area contributed by atoms with E-state index in [1.165, 1.54) is 12.3 Å². The van der Waals surface area contributed by atoms with E-state index in [0.29, 0.717) is 43.5 Å². The Kier molecular flexibility index (Phi) is 5.78. The Balaban J connectivity index is 1.50. The lowest BCUT2D eigenvalue weighted by Crippen LogP contribution is -2.35. The summed E-state index contributed by atoms with van der Waals surface area (Å²) < 4.78 is 5.01. The van der Waals surface area contributed by atoms with Crippen LogP contribution in [0.4, 0.5) is 11.6 Å². The fourth-order valence-electron chi connectivity index (χ4n) is 3.49. The standard InChI is InChI=1S/C21H20N6O4/c1-14-13-17(25-31-14)21(29)27-10-4-9-26(11-12-27)18-7-2-6-16(23-18)19(28)15-5-3-8-22-20(15)24-30/h2-3,5-8,13H,4,9-12H2,1H3. The smallest absolute Gasteiger partial charge is 0.276 e. The van der Waals surface area contributed by atoms with Gasteiger partial charge in [-0.15, -0.1) is 4.91 Å². The first-order valence-corrected chi connectivity index (χ1v) is 9.84. The third-order valence-electron chi connectivity index (χ3n) is 5.04. The maximum Gasteiger partial charge on any atom is 0.276 e. The second-order valence-electron chi connectivity index (χ2n) is 7.13. The van der Waals surface area contributed by atoms with Gasteiger partial charge in [0.1, 0.15) is 17.3 Å². The molecule has 158 valence electrons. The van der Waals surface area contributed by atoms with E-state index in [2.05, 4.69) is 20.3 Å². The number of carbonyl (C=O) groups excluding carboxylic acids is 2. The average Bonchev–Trinajstić information content (AvgIpc) is 3.09. The first-order valence-electron chi connectivity index (χ1n) is 9.84. The molecule has 1 aliphatic rings. The van der Waals surface area contributed by atoms with Crippen molar-refractivity contribution in [2.24, 2.45) is 5.18 Å². The predicted octanol–water partition coefficient (Wildman–Crippen LogP) is 2.75. The molecule has 10 heteroatoms. The van der Waals surface area contributed by atoms with Gasteiger partial charge in [-0.25, -0.2) is 9.97 Å². The van der Waals surface area contributed by atoms with Crippen molar-refractivity contribution in [3.05, 3.63) is 70.2 Å². The van der Waals surface area contributed by atoms with E-state index >= 15 is 0 Å². The van der Waals surface area contributed by atoms with E-state index < -0.39 is 5.78 Å². The van der Waals surface area contributed by atoms with Crippen LogP contribution in [0.1, 0.15) is 38.7 Å². The van der Waals surface area contributed by atoms with Crippen LogP contribution in [0.3, 0.4) is 0 Å². The van der Waals surface area contributed by atoms with Crippen LogP contribution in [0.15, 0.2) is 52.3 Å². The SMILES string of the molecule is Cc1cc(C(=O)N2CCCN(c3cccc(C(=O)c4cccnc4N=O)n3)CC2)no1. The summed E-state index contributed by atoms with van der Waals surface area (Å²) in [6.07, 6.45) is 2.15. The van der Waals surface area contributed by atoms with Gasteiger partial charge in [-0.2, -0.15) is 0 Å². The summed E-state index contributed by atoms with van der Waals surface area (Å²) in [5.41, 5.74) is 0.607. The Morgan fingerprint density at radius 3 is 2.71 bits per heavy atom. The number of carbonyl (C=O) groups is 2. The van der Waals surface area contributed by atoms with Crippen LogP contribution >= 0.6 is 0 Å². The van der Waals surface area contributed by atoms with Crippen LogP contribution < -0.4 is 4.90 Å². The maximum absolute atomic E-state index is 12.8. The first-order chi connectivity index (χ1) is 15.1. The topological polar surface area (TPSA) is 122 Å². The minimum absolute atomic E-state index is 0.109. The van der Waals surface area contributed by atoms with Crippen molar-refractivity contribution in [3.8, 4) is 0 Å². The molecule has 0 spiro atoms. The molecule has 1 saturated heterocycles. The lowest BCUT2D eigenvalue weighted by Gasteiger charge is -2.22. The van der Waals surface area contributed by atoms with Crippen molar-refractivity contribution < 1.29 is 14.1 Å². The highest BCUT2D eigenvalue weighted by Gasteiger charge is 2.24. The number of hydrogen-bond donors (Lipinski definition) is 0. The van der Waals surface area contributed by atoms with E-state index in [1.54, 1.807) is 36.1 Å². The Morgan fingerprint density at radius 1 is 1.06 bits per heavy atom. The molecule has 3 aromatic heterocycles.